The van der Waals surface area contributed by atoms with Crippen LogP contribution >= 0.6 is 0 Å². The van der Waals surface area contributed by atoms with Gasteiger partial charge in [-0.05, 0) is 31.2 Å². The number of nitrogens with two attached hydrogens (primary N) is 1. The van der Waals surface area contributed by atoms with Crippen molar-refractivity contribution in [1.82, 2.24) is 4.98 Å². The van der Waals surface area contributed by atoms with E-state index in [0.717, 1.165) is 11.4 Å². The molecular weight excluding hydrogens is 241 g/mol. The summed E-state index contributed by atoms with van der Waals surface area (Å²) in [5.41, 5.74) is 8.15. The summed E-state index contributed by atoms with van der Waals surface area (Å²) in [6.07, 6.45) is 1.75. The molecule has 1 aromatic carbocycles. The molecule has 0 amide bonds. The first-order valence-corrected chi connectivity index (χ1v) is 6.24. The lowest BCUT2D eigenvalue weighted by Crippen LogP contribution is -2.21. The fourth-order valence-electron chi connectivity index (χ4n) is 2.13. The Balaban J connectivity index is 2.29. The predicted molar refractivity (Wildman–Crippen MR) is 75.3 cm³/mol. The van der Waals surface area contributed by atoms with Gasteiger partial charge in [0.1, 0.15) is 5.82 Å². The van der Waals surface area contributed by atoms with Crippen LogP contribution in [0.15, 0.2) is 42.6 Å². The number of benzene rings is 1. The molecule has 0 aliphatic heterocycles. The summed E-state index contributed by atoms with van der Waals surface area (Å²) >= 11 is 0. The summed E-state index contributed by atoms with van der Waals surface area (Å²) in [5, 5.41) is 0. The Morgan fingerprint density at radius 1 is 1.26 bits per heavy atom. The molecule has 0 bridgehead atoms. The maximum absolute atomic E-state index is 13.9. The monoisotopic (exact) mass is 259 g/mol. The van der Waals surface area contributed by atoms with E-state index < -0.39 is 0 Å². The summed E-state index contributed by atoms with van der Waals surface area (Å²) in [5.74, 6) is -0.264. The van der Waals surface area contributed by atoms with E-state index in [9.17, 15) is 4.39 Å². The maximum Gasteiger partial charge on any atom is 0.130 e. The fraction of sp³-hybridized carbons (Fsp3) is 0.267. The van der Waals surface area contributed by atoms with E-state index in [1.54, 1.807) is 19.2 Å². The van der Waals surface area contributed by atoms with Crippen molar-refractivity contribution in [2.45, 2.75) is 19.5 Å². The van der Waals surface area contributed by atoms with Gasteiger partial charge in [-0.25, -0.2) is 4.39 Å². The van der Waals surface area contributed by atoms with E-state index in [1.807, 2.05) is 36.2 Å². The number of anilines is 1. The molecule has 1 aromatic heterocycles. The van der Waals surface area contributed by atoms with Crippen molar-refractivity contribution in [3.8, 4) is 0 Å². The Morgan fingerprint density at radius 3 is 2.68 bits per heavy atom. The first kappa shape index (κ1) is 13.5. The molecule has 0 aliphatic carbocycles. The normalized spacial score (nSPS) is 12.2. The van der Waals surface area contributed by atoms with Gasteiger partial charge in [0.15, 0.2) is 0 Å². The molecule has 2 N–H and O–H groups in total. The Labute approximate surface area is 112 Å². The second-order valence-electron chi connectivity index (χ2n) is 4.64. The topological polar surface area (TPSA) is 42.1 Å². The first-order valence-electron chi connectivity index (χ1n) is 6.24. The molecule has 0 unspecified atom stereocenters. The number of pyridine rings is 1. The Kier molecular flexibility index (Phi) is 4.12. The number of rotatable bonds is 4. The molecule has 0 spiro atoms. The van der Waals surface area contributed by atoms with Crippen LogP contribution in [0, 0.1) is 5.82 Å². The van der Waals surface area contributed by atoms with Gasteiger partial charge >= 0.3 is 0 Å². The zero-order valence-corrected chi connectivity index (χ0v) is 11.2. The number of aromatic nitrogens is 1. The third-order valence-corrected chi connectivity index (χ3v) is 3.02. The second-order valence-corrected chi connectivity index (χ2v) is 4.64. The van der Waals surface area contributed by atoms with Crippen molar-refractivity contribution in [3.05, 3.63) is 59.7 Å². The van der Waals surface area contributed by atoms with E-state index in [2.05, 4.69) is 4.98 Å². The zero-order chi connectivity index (χ0) is 13.8. The van der Waals surface area contributed by atoms with Gasteiger partial charge in [-0.1, -0.05) is 12.1 Å². The zero-order valence-electron chi connectivity index (χ0n) is 11.2. The average molecular weight is 259 g/mol. The highest BCUT2D eigenvalue weighted by atomic mass is 19.1. The molecule has 19 heavy (non-hydrogen) atoms. The molecule has 0 saturated heterocycles. The molecule has 1 atom stereocenters. The Hall–Kier alpha value is -1.94. The smallest absolute Gasteiger partial charge is 0.130 e. The van der Waals surface area contributed by atoms with Crippen LogP contribution in [-0.2, 0) is 6.54 Å². The van der Waals surface area contributed by atoms with Crippen LogP contribution in [0.4, 0.5) is 10.1 Å². The highest BCUT2D eigenvalue weighted by molar-refractivity contribution is 5.55. The van der Waals surface area contributed by atoms with Gasteiger partial charge in [0.05, 0.1) is 12.2 Å². The summed E-state index contributed by atoms with van der Waals surface area (Å²) in [4.78, 5) is 6.24. The van der Waals surface area contributed by atoms with Gasteiger partial charge in [0.25, 0.3) is 0 Å². The summed E-state index contributed by atoms with van der Waals surface area (Å²) in [6.45, 7) is 2.40. The van der Waals surface area contributed by atoms with E-state index in [1.165, 1.54) is 6.07 Å². The number of nitrogens with zero attached hydrogens (tertiary/aromatic N) is 2. The van der Waals surface area contributed by atoms with Crippen molar-refractivity contribution >= 4 is 5.69 Å². The van der Waals surface area contributed by atoms with Crippen LogP contribution in [0.3, 0.4) is 0 Å². The van der Waals surface area contributed by atoms with Crippen molar-refractivity contribution < 1.29 is 4.39 Å². The van der Waals surface area contributed by atoms with Crippen LogP contribution in [0.25, 0.3) is 0 Å². The van der Waals surface area contributed by atoms with E-state index >= 15 is 0 Å². The summed E-state index contributed by atoms with van der Waals surface area (Å²) in [7, 11) is 1.91. The van der Waals surface area contributed by atoms with E-state index in [0.29, 0.717) is 12.1 Å². The van der Waals surface area contributed by atoms with Crippen LogP contribution < -0.4 is 10.6 Å². The minimum Gasteiger partial charge on any atom is -0.368 e. The summed E-state index contributed by atoms with van der Waals surface area (Å²) < 4.78 is 13.9. The van der Waals surface area contributed by atoms with Crippen molar-refractivity contribution in [3.63, 3.8) is 0 Å². The molecule has 0 radical (unpaired) electrons. The van der Waals surface area contributed by atoms with Gasteiger partial charge in [0, 0.05) is 30.5 Å². The van der Waals surface area contributed by atoms with Crippen LogP contribution in [-0.4, -0.2) is 12.0 Å². The van der Waals surface area contributed by atoms with Crippen molar-refractivity contribution in [2.75, 3.05) is 11.9 Å². The van der Waals surface area contributed by atoms with Crippen LogP contribution in [0.1, 0.15) is 24.2 Å². The molecule has 4 heteroatoms. The molecule has 0 fully saturated rings. The van der Waals surface area contributed by atoms with Crippen molar-refractivity contribution in [2.24, 2.45) is 5.73 Å². The maximum atomic E-state index is 13.9. The van der Waals surface area contributed by atoms with Gasteiger partial charge < -0.3 is 10.6 Å². The van der Waals surface area contributed by atoms with E-state index in [4.69, 9.17) is 5.73 Å². The Morgan fingerprint density at radius 2 is 2.05 bits per heavy atom. The number of hydrogen-bond donors (Lipinski definition) is 1. The lowest BCUT2D eigenvalue weighted by Gasteiger charge is -2.24. The van der Waals surface area contributed by atoms with Gasteiger partial charge in [-0.15, -0.1) is 0 Å². The van der Waals surface area contributed by atoms with Gasteiger partial charge in [0.2, 0.25) is 0 Å². The quantitative estimate of drug-likeness (QED) is 0.918. The molecule has 2 rings (SSSR count). The van der Waals surface area contributed by atoms with Crippen LogP contribution in [0.2, 0.25) is 0 Å². The average Bonchev–Trinajstić information content (AvgIpc) is 2.39. The minimum absolute atomic E-state index is 0.264. The van der Waals surface area contributed by atoms with Crippen LogP contribution in [0.5, 0.6) is 0 Å². The molecule has 1 heterocycles. The molecular formula is C15H18FN3. The Bertz CT molecular complexity index is 540. The lowest BCUT2D eigenvalue weighted by atomic mass is 10.1. The van der Waals surface area contributed by atoms with Gasteiger partial charge in [-0.3, -0.25) is 4.98 Å². The third-order valence-electron chi connectivity index (χ3n) is 3.02. The highest BCUT2D eigenvalue weighted by Crippen LogP contribution is 2.27. The van der Waals surface area contributed by atoms with E-state index in [-0.39, 0.29) is 11.9 Å². The minimum atomic E-state index is -0.345. The highest BCUT2D eigenvalue weighted by Gasteiger charge is 2.15. The fourth-order valence-corrected chi connectivity index (χ4v) is 2.13. The molecule has 3 nitrogen and oxygen atoms in total. The lowest BCUT2D eigenvalue weighted by molar-refractivity contribution is 0.592. The predicted octanol–water partition coefficient (Wildman–Crippen LogP) is 2.88. The van der Waals surface area contributed by atoms with Gasteiger partial charge in [-0.2, -0.15) is 0 Å². The summed E-state index contributed by atoms with van der Waals surface area (Å²) in [6, 6.07) is 10.4. The molecule has 100 valence electrons. The van der Waals surface area contributed by atoms with Crippen molar-refractivity contribution in [1.29, 1.82) is 0 Å². The third kappa shape index (κ3) is 3.09. The molecule has 0 saturated carbocycles. The standard InChI is InChI=1S/C15H18FN3/c1-11(17)15-13(16)7-5-8-14(15)19(2)10-12-6-3-4-9-18-12/h3-9,11H,10,17H2,1-2H3/t11-/m0/s1. The number of hydrogen-bond acceptors (Lipinski definition) is 3. The largest absolute Gasteiger partial charge is 0.368 e. The molecule has 0 aliphatic rings. The second kappa shape index (κ2) is 5.80. The first-order chi connectivity index (χ1) is 9.09. The molecule has 2 aromatic rings. The SMILES string of the molecule is C[C@H](N)c1c(F)cccc1N(C)Cc1ccccn1. The number of halogens is 1.